The monoisotopic (exact) mass is 273 g/mol. The smallest absolute Gasteiger partial charge is 0.332 e. The molecule has 0 aromatic carbocycles. The lowest BCUT2D eigenvalue weighted by Crippen LogP contribution is -2.38. The fourth-order valence-electron chi connectivity index (χ4n) is 1.17. The van der Waals surface area contributed by atoms with E-state index in [0.717, 1.165) is 5.01 Å². The fourth-order valence-corrected chi connectivity index (χ4v) is 1.79. The van der Waals surface area contributed by atoms with Gasteiger partial charge in [-0.25, -0.2) is 14.6 Å². The first-order valence-corrected chi connectivity index (χ1v) is 6.28. The van der Waals surface area contributed by atoms with Gasteiger partial charge in [-0.15, -0.1) is 11.3 Å². The first kappa shape index (κ1) is 14.4. The third kappa shape index (κ3) is 5.60. The number of rotatable bonds is 7. The summed E-state index contributed by atoms with van der Waals surface area (Å²) in [4.78, 5) is 25.6. The van der Waals surface area contributed by atoms with E-state index in [1.165, 1.54) is 11.3 Å². The molecule has 1 atom stereocenters. The highest BCUT2D eigenvalue weighted by atomic mass is 32.1. The van der Waals surface area contributed by atoms with Crippen molar-refractivity contribution in [3.63, 3.8) is 0 Å². The van der Waals surface area contributed by atoms with Gasteiger partial charge >= 0.3 is 12.0 Å². The molecule has 0 radical (unpaired) electrons. The zero-order valence-corrected chi connectivity index (χ0v) is 10.4. The van der Waals surface area contributed by atoms with Gasteiger partial charge in [0.1, 0.15) is 0 Å². The molecule has 1 heterocycles. The van der Waals surface area contributed by atoms with Crippen molar-refractivity contribution in [2.75, 3.05) is 13.1 Å². The topological polar surface area (TPSA) is 112 Å². The first-order valence-electron chi connectivity index (χ1n) is 5.40. The Labute approximate surface area is 108 Å². The summed E-state index contributed by atoms with van der Waals surface area (Å²) in [6.07, 6.45) is 0.895. The second-order valence-corrected chi connectivity index (χ2v) is 4.48. The standard InChI is InChI=1S/C10H15N3O4S/c14-7(9(15)16)1-3-12-10(17)13-4-2-8-11-5-6-18-8/h5-7,14H,1-4H2,(H,15,16)(H2,12,13,17)/t7-/m0/s1. The fraction of sp³-hybridized carbons (Fsp3) is 0.500. The van der Waals surface area contributed by atoms with E-state index in [1.54, 1.807) is 6.20 Å². The highest BCUT2D eigenvalue weighted by Gasteiger charge is 2.12. The highest BCUT2D eigenvalue weighted by molar-refractivity contribution is 7.09. The zero-order valence-electron chi connectivity index (χ0n) is 9.63. The Morgan fingerprint density at radius 2 is 2.11 bits per heavy atom. The summed E-state index contributed by atoms with van der Waals surface area (Å²) in [6.45, 7) is 0.567. The maximum Gasteiger partial charge on any atom is 0.332 e. The van der Waals surface area contributed by atoms with Crippen LogP contribution in [-0.4, -0.2) is 46.4 Å². The Morgan fingerprint density at radius 3 is 2.72 bits per heavy atom. The molecule has 0 aliphatic heterocycles. The number of carbonyl (C=O) groups excluding carboxylic acids is 1. The van der Waals surface area contributed by atoms with Crippen LogP contribution in [0, 0.1) is 0 Å². The summed E-state index contributed by atoms with van der Waals surface area (Å²) in [5, 5.41) is 25.2. The molecule has 0 unspecified atom stereocenters. The van der Waals surface area contributed by atoms with Gasteiger partial charge in [-0.2, -0.15) is 0 Å². The Hall–Kier alpha value is -1.67. The number of urea groups is 1. The number of carbonyl (C=O) groups is 2. The molecule has 1 aromatic rings. The van der Waals surface area contributed by atoms with Gasteiger partial charge in [0.25, 0.3) is 0 Å². The van der Waals surface area contributed by atoms with Crippen molar-refractivity contribution < 1.29 is 19.8 Å². The maximum atomic E-state index is 11.3. The summed E-state index contributed by atoms with van der Waals surface area (Å²) >= 11 is 1.52. The van der Waals surface area contributed by atoms with Gasteiger partial charge in [-0.1, -0.05) is 0 Å². The van der Waals surface area contributed by atoms with Crippen LogP contribution in [0.1, 0.15) is 11.4 Å². The summed E-state index contributed by atoms with van der Waals surface area (Å²) in [7, 11) is 0. The summed E-state index contributed by atoms with van der Waals surface area (Å²) in [5.74, 6) is -1.29. The number of carboxylic acid groups (broad SMARTS) is 1. The van der Waals surface area contributed by atoms with Crippen LogP contribution in [0.25, 0.3) is 0 Å². The minimum absolute atomic E-state index is 0.0186. The van der Waals surface area contributed by atoms with Crippen molar-refractivity contribution >= 4 is 23.3 Å². The quantitative estimate of drug-likeness (QED) is 0.550. The van der Waals surface area contributed by atoms with E-state index in [-0.39, 0.29) is 19.0 Å². The van der Waals surface area contributed by atoms with Gasteiger partial charge in [-0.3, -0.25) is 0 Å². The van der Waals surface area contributed by atoms with Crippen LogP contribution in [0.4, 0.5) is 4.79 Å². The van der Waals surface area contributed by atoms with Crippen LogP contribution in [0.5, 0.6) is 0 Å². The van der Waals surface area contributed by atoms with Gasteiger partial charge in [0.05, 0.1) is 5.01 Å². The van der Waals surface area contributed by atoms with E-state index < -0.39 is 12.1 Å². The number of hydrogen-bond acceptors (Lipinski definition) is 5. The minimum atomic E-state index is -1.44. The van der Waals surface area contributed by atoms with Crippen molar-refractivity contribution in [2.24, 2.45) is 0 Å². The van der Waals surface area contributed by atoms with Crippen LogP contribution in [0.15, 0.2) is 11.6 Å². The molecule has 0 fully saturated rings. The summed E-state index contributed by atoms with van der Waals surface area (Å²) in [6, 6.07) is -0.385. The van der Waals surface area contributed by atoms with Crippen LogP contribution in [-0.2, 0) is 11.2 Å². The number of aliphatic hydroxyl groups is 1. The molecule has 1 rings (SSSR count). The molecule has 0 saturated carbocycles. The summed E-state index contributed by atoms with van der Waals surface area (Å²) in [5.41, 5.74) is 0. The Balaban J connectivity index is 2.05. The lowest BCUT2D eigenvalue weighted by molar-refractivity contribution is -0.146. The first-order chi connectivity index (χ1) is 8.59. The molecule has 0 saturated heterocycles. The molecule has 100 valence electrons. The van der Waals surface area contributed by atoms with Crippen molar-refractivity contribution in [1.29, 1.82) is 0 Å². The molecule has 1 aromatic heterocycles. The summed E-state index contributed by atoms with van der Waals surface area (Å²) < 4.78 is 0. The normalized spacial score (nSPS) is 11.8. The van der Waals surface area contributed by atoms with Gasteiger partial charge in [0, 0.05) is 37.5 Å². The molecule has 0 bridgehead atoms. The van der Waals surface area contributed by atoms with E-state index in [4.69, 9.17) is 10.2 Å². The molecular formula is C10H15N3O4S. The molecule has 2 amide bonds. The minimum Gasteiger partial charge on any atom is -0.479 e. The number of nitrogens with one attached hydrogen (secondary N) is 2. The van der Waals surface area contributed by atoms with Gasteiger partial charge in [0.2, 0.25) is 0 Å². The zero-order chi connectivity index (χ0) is 13.4. The lowest BCUT2D eigenvalue weighted by Gasteiger charge is -2.08. The third-order valence-electron chi connectivity index (χ3n) is 2.10. The molecule has 0 spiro atoms. The van der Waals surface area contributed by atoms with Gasteiger partial charge in [-0.05, 0) is 0 Å². The number of aliphatic hydroxyl groups excluding tert-OH is 1. The number of thiazole rings is 1. The van der Waals surface area contributed by atoms with E-state index in [0.29, 0.717) is 13.0 Å². The van der Waals surface area contributed by atoms with Crippen molar-refractivity contribution in [2.45, 2.75) is 18.9 Å². The second-order valence-electron chi connectivity index (χ2n) is 3.50. The molecule has 7 nitrogen and oxygen atoms in total. The van der Waals surface area contributed by atoms with Crippen LogP contribution in [0.3, 0.4) is 0 Å². The lowest BCUT2D eigenvalue weighted by atomic mass is 10.2. The molecule has 8 heteroatoms. The number of nitrogens with zero attached hydrogens (tertiary/aromatic N) is 1. The predicted octanol–water partition coefficient (Wildman–Crippen LogP) is -0.180. The molecular weight excluding hydrogens is 258 g/mol. The van der Waals surface area contributed by atoms with Crippen molar-refractivity contribution in [3.05, 3.63) is 16.6 Å². The largest absolute Gasteiger partial charge is 0.479 e. The highest BCUT2D eigenvalue weighted by Crippen LogP contribution is 2.03. The molecule has 0 aliphatic carbocycles. The Bertz CT molecular complexity index is 382. The van der Waals surface area contributed by atoms with Crippen molar-refractivity contribution in [1.82, 2.24) is 15.6 Å². The Kier molecular flexibility index (Phi) is 6.09. The third-order valence-corrected chi connectivity index (χ3v) is 2.94. The number of hydrogen-bond donors (Lipinski definition) is 4. The second kappa shape index (κ2) is 7.62. The number of aromatic nitrogens is 1. The number of amides is 2. The van der Waals surface area contributed by atoms with E-state index in [1.807, 2.05) is 5.38 Å². The predicted molar refractivity (Wildman–Crippen MR) is 65.5 cm³/mol. The average molecular weight is 273 g/mol. The number of carboxylic acids is 1. The SMILES string of the molecule is O=C(NCCc1nccs1)NCC[C@H](O)C(=O)O. The van der Waals surface area contributed by atoms with Gasteiger partial charge in [0.15, 0.2) is 6.10 Å². The van der Waals surface area contributed by atoms with Crippen LogP contribution >= 0.6 is 11.3 Å². The Morgan fingerprint density at radius 1 is 1.39 bits per heavy atom. The van der Waals surface area contributed by atoms with Crippen LogP contribution < -0.4 is 10.6 Å². The van der Waals surface area contributed by atoms with E-state index in [9.17, 15) is 9.59 Å². The van der Waals surface area contributed by atoms with Gasteiger partial charge < -0.3 is 20.8 Å². The van der Waals surface area contributed by atoms with Crippen LogP contribution in [0.2, 0.25) is 0 Å². The molecule has 4 N–H and O–H groups in total. The molecule has 0 aliphatic rings. The maximum absolute atomic E-state index is 11.3. The van der Waals surface area contributed by atoms with Crippen molar-refractivity contribution in [3.8, 4) is 0 Å². The number of aliphatic carboxylic acids is 1. The molecule has 18 heavy (non-hydrogen) atoms. The average Bonchev–Trinajstić information content (AvgIpc) is 2.81. The van der Waals surface area contributed by atoms with E-state index >= 15 is 0 Å². The van der Waals surface area contributed by atoms with E-state index in [2.05, 4.69) is 15.6 Å².